The van der Waals surface area contributed by atoms with Gasteiger partial charge in [-0.1, -0.05) is 56.1 Å². The van der Waals surface area contributed by atoms with Gasteiger partial charge in [0.05, 0.1) is 11.7 Å². The molecule has 0 bridgehead atoms. The predicted octanol–water partition coefficient (Wildman–Crippen LogP) is 6.26. The average Bonchev–Trinajstić information content (AvgIpc) is 3.37. The second kappa shape index (κ2) is 13.1. The Kier molecular flexibility index (Phi) is 9.97. The number of carbonyl (C=O) groups excluding carboxylic acids is 1. The van der Waals surface area contributed by atoms with Crippen molar-refractivity contribution in [2.75, 3.05) is 20.8 Å². The maximum Gasteiger partial charge on any atom is 0.281 e. The largest absolute Gasteiger partial charge is 0.443 e. The lowest BCUT2D eigenvalue weighted by Gasteiger charge is -2.42. The first-order valence-corrected chi connectivity index (χ1v) is 14.5. The van der Waals surface area contributed by atoms with Gasteiger partial charge in [-0.3, -0.25) is 4.79 Å². The molecule has 3 unspecified atom stereocenters. The van der Waals surface area contributed by atoms with E-state index in [1.807, 2.05) is 24.3 Å². The number of amides is 1. The van der Waals surface area contributed by atoms with E-state index in [1.165, 1.54) is 19.2 Å². The highest BCUT2D eigenvalue weighted by molar-refractivity contribution is 9.10. The summed E-state index contributed by atoms with van der Waals surface area (Å²) in [5.41, 5.74) is 3.96. The Morgan fingerprint density at radius 2 is 1.71 bits per heavy atom. The van der Waals surface area contributed by atoms with Crippen LogP contribution in [0.1, 0.15) is 36.5 Å². The highest BCUT2D eigenvalue weighted by Gasteiger charge is 2.57. The lowest BCUT2D eigenvalue weighted by atomic mass is 9.86. The Balaban J connectivity index is 1.93. The number of hydrogen-bond acceptors (Lipinski definition) is 6. The van der Waals surface area contributed by atoms with E-state index in [4.69, 9.17) is 19.9 Å². The Morgan fingerprint density at radius 3 is 2.29 bits per heavy atom. The molecule has 0 saturated heterocycles. The molecule has 3 aromatic carbocycles. The lowest BCUT2D eigenvalue weighted by Crippen LogP contribution is -2.61. The normalized spacial score (nSPS) is 18.9. The van der Waals surface area contributed by atoms with Crippen molar-refractivity contribution in [3.8, 4) is 0 Å². The summed E-state index contributed by atoms with van der Waals surface area (Å²) in [5, 5.41) is 5.71. The summed E-state index contributed by atoms with van der Waals surface area (Å²) in [6.07, 6.45) is 0.0280. The summed E-state index contributed by atoms with van der Waals surface area (Å²) in [6, 6.07) is 17.6. The predicted molar refractivity (Wildman–Crippen MR) is 159 cm³/mol. The van der Waals surface area contributed by atoms with Gasteiger partial charge in [0.25, 0.3) is 5.91 Å². The topological polar surface area (TPSA) is 86.4 Å². The maximum atomic E-state index is 15.0. The summed E-state index contributed by atoms with van der Waals surface area (Å²) in [6.45, 7) is 2.02. The number of ether oxygens (including phenoxy) is 3. The number of benzene rings is 3. The van der Waals surface area contributed by atoms with Gasteiger partial charge in [-0.2, -0.15) is 5.01 Å². The minimum atomic E-state index is -1.57. The van der Waals surface area contributed by atoms with Crippen molar-refractivity contribution in [3.63, 3.8) is 0 Å². The zero-order chi connectivity index (χ0) is 29.8. The Bertz CT molecular complexity index is 1410. The van der Waals surface area contributed by atoms with Gasteiger partial charge in [-0.05, 0) is 67.9 Å². The third-order valence-corrected chi connectivity index (χ3v) is 8.34. The molecule has 3 aromatic rings. The maximum absolute atomic E-state index is 15.0. The molecule has 0 radical (unpaired) electrons. The lowest BCUT2D eigenvalue weighted by molar-refractivity contribution is -0.190. The van der Waals surface area contributed by atoms with Crippen LogP contribution in [0.4, 0.5) is 8.78 Å². The minimum absolute atomic E-state index is 0.133. The molecule has 1 aliphatic rings. The fourth-order valence-electron chi connectivity index (χ4n) is 4.90. The van der Waals surface area contributed by atoms with Crippen molar-refractivity contribution < 1.29 is 27.8 Å². The summed E-state index contributed by atoms with van der Waals surface area (Å²) >= 11 is 6.89. The summed E-state index contributed by atoms with van der Waals surface area (Å²) in [7, 11) is 2.92. The van der Waals surface area contributed by atoms with Crippen LogP contribution in [0.2, 0.25) is 0 Å². The van der Waals surface area contributed by atoms with Crippen molar-refractivity contribution >= 4 is 43.7 Å². The van der Waals surface area contributed by atoms with Crippen LogP contribution in [-0.2, 0) is 31.2 Å². The van der Waals surface area contributed by atoms with Gasteiger partial charge < -0.3 is 19.9 Å². The number of hydrazone groups is 1. The number of carbonyl (C=O) groups is 1. The molecular formula is C30H31Br2F2N3O4. The molecular weight excluding hydrogens is 664 g/mol. The van der Waals surface area contributed by atoms with Gasteiger partial charge in [0.2, 0.25) is 11.6 Å². The first-order chi connectivity index (χ1) is 19.6. The molecule has 4 rings (SSSR count). The molecule has 1 amide bonds. The zero-order valence-corrected chi connectivity index (χ0v) is 26.0. The first kappa shape index (κ1) is 31.2. The molecule has 0 aromatic heterocycles. The first-order valence-electron chi connectivity index (χ1n) is 13.0. The van der Waals surface area contributed by atoms with E-state index in [0.717, 1.165) is 32.7 Å². The van der Waals surface area contributed by atoms with Crippen molar-refractivity contribution in [2.45, 2.75) is 43.6 Å². The van der Waals surface area contributed by atoms with Crippen molar-refractivity contribution in [1.29, 1.82) is 0 Å². The summed E-state index contributed by atoms with van der Waals surface area (Å²) in [5.74, 6) is -2.25. The van der Waals surface area contributed by atoms with Gasteiger partial charge in [0, 0.05) is 41.6 Å². The molecule has 7 nitrogen and oxygen atoms in total. The van der Waals surface area contributed by atoms with Crippen LogP contribution in [-0.4, -0.2) is 49.3 Å². The molecule has 0 saturated carbocycles. The second-order valence-electron chi connectivity index (χ2n) is 9.71. The molecule has 1 aliphatic heterocycles. The Morgan fingerprint density at radius 1 is 1.07 bits per heavy atom. The molecule has 0 spiro atoms. The smallest absolute Gasteiger partial charge is 0.281 e. The summed E-state index contributed by atoms with van der Waals surface area (Å²) in [4.78, 5) is 14.8. The molecule has 3 atom stereocenters. The highest BCUT2D eigenvalue weighted by Crippen LogP contribution is 2.44. The number of halogens is 4. The quantitative estimate of drug-likeness (QED) is 0.256. The minimum Gasteiger partial charge on any atom is -0.443 e. The molecule has 11 heteroatoms. The number of rotatable bonds is 11. The zero-order valence-electron chi connectivity index (χ0n) is 22.9. The van der Waals surface area contributed by atoms with E-state index in [1.54, 1.807) is 31.2 Å². The van der Waals surface area contributed by atoms with E-state index in [-0.39, 0.29) is 30.8 Å². The van der Waals surface area contributed by atoms with Crippen LogP contribution in [0, 0.1) is 11.6 Å². The number of hydrogen-bond donors (Lipinski definition) is 1. The second-order valence-corrected chi connectivity index (χ2v) is 11.5. The average molecular weight is 695 g/mol. The van der Waals surface area contributed by atoms with Gasteiger partial charge in [0.1, 0.15) is 11.6 Å². The highest BCUT2D eigenvalue weighted by atomic mass is 79.9. The van der Waals surface area contributed by atoms with Crippen molar-refractivity contribution in [2.24, 2.45) is 10.8 Å². The molecule has 218 valence electrons. The SMILES string of the molecule is COC(C)C(Cc1ccc(Br)cc1)(OC)C(=O)N1N=C(c2cc(F)ccc2F)OC1(CCCN)c1ccc(Br)cc1. The Hall–Kier alpha value is -2.70. The van der Waals surface area contributed by atoms with Crippen molar-refractivity contribution in [3.05, 3.63) is 104 Å². The van der Waals surface area contributed by atoms with Gasteiger partial charge in [0.15, 0.2) is 5.60 Å². The molecule has 1 heterocycles. The number of nitrogens with zero attached hydrogens (tertiary/aromatic N) is 2. The van der Waals surface area contributed by atoms with E-state index in [2.05, 4.69) is 37.0 Å². The van der Waals surface area contributed by atoms with Crippen molar-refractivity contribution in [1.82, 2.24) is 5.01 Å². The molecule has 2 N–H and O–H groups in total. The van der Waals surface area contributed by atoms with E-state index in [9.17, 15) is 9.18 Å². The van der Waals surface area contributed by atoms with Crippen LogP contribution in [0.3, 0.4) is 0 Å². The Labute approximate surface area is 254 Å². The van der Waals surface area contributed by atoms with Gasteiger partial charge in [-0.15, -0.1) is 5.10 Å². The number of nitrogens with two attached hydrogens (primary N) is 1. The fourth-order valence-corrected chi connectivity index (χ4v) is 5.43. The number of methoxy groups -OCH3 is 2. The van der Waals surface area contributed by atoms with E-state index >= 15 is 4.39 Å². The molecule has 0 aliphatic carbocycles. The van der Waals surface area contributed by atoms with Crippen LogP contribution in [0.25, 0.3) is 0 Å². The van der Waals surface area contributed by atoms with Gasteiger partial charge >= 0.3 is 0 Å². The third kappa shape index (κ3) is 6.24. The van der Waals surface area contributed by atoms with Crippen LogP contribution in [0.5, 0.6) is 0 Å². The monoisotopic (exact) mass is 693 g/mol. The fraction of sp³-hybridized carbons (Fsp3) is 0.333. The standard InChI is InChI=1S/C30H31Br2F2N3O4/c1-19(39-2)29(40-3,18-20-5-9-22(31)10-6-20)28(38)37-30(15-4-16-35,21-7-11-23(32)12-8-21)41-27(36-37)25-17-24(33)13-14-26(25)34/h5-14,17,19H,4,15-16,18,35H2,1-3H3. The summed E-state index contributed by atoms with van der Waals surface area (Å²) < 4.78 is 49.1. The van der Waals surface area contributed by atoms with E-state index < -0.39 is 35.0 Å². The third-order valence-electron chi connectivity index (χ3n) is 7.28. The molecule has 41 heavy (non-hydrogen) atoms. The van der Waals surface area contributed by atoms with Gasteiger partial charge in [-0.25, -0.2) is 8.78 Å². The van der Waals surface area contributed by atoms with E-state index in [0.29, 0.717) is 12.0 Å². The molecule has 0 fully saturated rings. The van der Waals surface area contributed by atoms with Crippen LogP contribution >= 0.6 is 31.9 Å². The van der Waals surface area contributed by atoms with Crippen LogP contribution < -0.4 is 5.73 Å². The van der Waals surface area contributed by atoms with Crippen LogP contribution in [0.15, 0.2) is 80.8 Å².